The molecule has 3 rings (SSSR count). The Morgan fingerprint density at radius 1 is 1.28 bits per heavy atom. The molecule has 0 saturated carbocycles. The Morgan fingerprint density at radius 2 is 2.07 bits per heavy atom. The van der Waals surface area contributed by atoms with Gasteiger partial charge in [-0.3, -0.25) is 4.79 Å². The van der Waals surface area contributed by atoms with Gasteiger partial charge in [-0.25, -0.2) is 13.4 Å². The van der Waals surface area contributed by atoms with Crippen LogP contribution in [0.3, 0.4) is 0 Å². The van der Waals surface area contributed by atoms with Crippen molar-refractivity contribution in [3.63, 3.8) is 0 Å². The maximum atomic E-state index is 12.9. The van der Waals surface area contributed by atoms with E-state index in [-0.39, 0.29) is 29.4 Å². The molecule has 0 atom stereocenters. The molecule has 0 spiro atoms. The molecule has 2 aromatic heterocycles. The molecule has 0 aromatic carbocycles. The first-order valence-electron chi connectivity index (χ1n) is 9.02. The van der Waals surface area contributed by atoms with Crippen molar-refractivity contribution >= 4 is 27.3 Å². The molecule has 1 aliphatic rings. The average Bonchev–Trinajstić information content (AvgIpc) is 3.25. The Hall–Kier alpha value is -2.05. The van der Waals surface area contributed by atoms with E-state index in [4.69, 9.17) is 14.2 Å². The van der Waals surface area contributed by atoms with E-state index >= 15 is 0 Å². The standard InChI is InChI=1S/C18H23N3O6S2/c1-25-9-10-27-16-3-2-14(12-19-16)13-20-18(22)17-15(4-11-28-17)29(23,24)21-5-7-26-8-6-21/h2-4,11-12H,5-10,13H2,1H3,(H,20,22). The summed E-state index contributed by atoms with van der Waals surface area (Å²) in [6, 6.07) is 4.96. The van der Waals surface area contributed by atoms with E-state index < -0.39 is 15.9 Å². The summed E-state index contributed by atoms with van der Waals surface area (Å²) in [7, 11) is -2.14. The molecule has 1 amide bonds. The second-order valence-electron chi connectivity index (χ2n) is 6.16. The quantitative estimate of drug-likeness (QED) is 0.581. The Kier molecular flexibility index (Phi) is 7.56. The van der Waals surface area contributed by atoms with Crippen molar-refractivity contribution in [3.8, 4) is 5.88 Å². The Bertz CT molecular complexity index is 908. The van der Waals surface area contributed by atoms with Gasteiger partial charge in [-0.2, -0.15) is 4.31 Å². The summed E-state index contributed by atoms with van der Waals surface area (Å²) in [5.74, 6) is 0.0292. The predicted octanol–water partition coefficient (Wildman–Crippen LogP) is 1.12. The summed E-state index contributed by atoms with van der Waals surface area (Å²) >= 11 is 1.10. The van der Waals surface area contributed by atoms with E-state index in [1.807, 2.05) is 0 Å². The lowest BCUT2D eigenvalue weighted by molar-refractivity contribution is 0.0730. The van der Waals surface area contributed by atoms with Crippen LogP contribution in [0.2, 0.25) is 0 Å². The minimum absolute atomic E-state index is 0.0296. The number of carbonyl (C=O) groups is 1. The van der Waals surface area contributed by atoms with Crippen LogP contribution in [0, 0.1) is 0 Å². The van der Waals surface area contributed by atoms with Crippen LogP contribution >= 0.6 is 11.3 Å². The topological polar surface area (TPSA) is 107 Å². The van der Waals surface area contributed by atoms with Gasteiger partial charge in [0.15, 0.2) is 0 Å². The number of aromatic nitrogens is 1. The van der Waals surface area contributed by atoms with Crippen molar-refractivity contribution < 1.29 is 27.4 Å². The minimum Gasteiger partial charge on any atom is -0.475 e. The minimum atomic E-state index is -3.73. The van der Waals surface area contributed by atoms with Crippen molar-refractivity contribution in [3.05, 3.63) is 40.2 Å². The zero-order chi connectivity index (χ0) is 20.7. The summed E-state index contributed by atoms with van der Waals surface area (Å²) in [5, 5.41) is 4.36. The van der Waals surface area contributed by atoms with Crippen molar-refractivity contribution in [2.24, 2.45) is 0 Å². The predicted molar refractivity (Wildman–Crippen MR) is 107 cm³/mol. The van der Waals surface area contributed by atoms with Crippen LogP contribution in [0.15, 0.2) is 34.7 Å². The number of amides is 1. The van der Waals surface area contributed by atoms with Gasteiger partial charge in [0, 0.05) is 39.0 Å². The summed E-state index contributed by atoms with van der Waals surface area (Å²) in [6.07, 6.45) is 1.60. The summed E-state index contributed by atoms with van der Waals surface area (Å²) in [5.41, 5.74) is 0.770. The lowest BCUT2D eigenvalue weighted by atomic mass is 10.3. The highest BCUT2D eigenvalue weighted by molar-refractivity contribution is 7.89. The van der Waals surface area contributed by atoms with Crippen LogP contribution in [0.4, 0.5) is 0 Å². The molecule has 11 heteroatoms. The first-order valence-corrected chi connectivity index (χ1v) is 11.3. The molecule has 0 aliphatic carbocycles. The molecule has 1 fully saturated rings. The van der Waals surface area contributed by atoms with Gasteiger partial charge in [0.25, 0.3) is 5.91 Å². The zero-order valence-electron chi connectivity index (χ0n) is 16.0. The zero-order valence-corrected chi connectivity index (χ0v) is 17.6. The van der Waals surface area contributed by atoms with Gasteiger partial charge in [0.2, 0.25) is 15.9 Å². The summed E-state index contributed by atoms with van der Waals surface area (Å²) < 4.78 is 42.6. The number of sulfonamides is 1. The summed E-state index contributed by atoms with van der Waals surface area (Å²) in [6.45, 7) is 2.35. The largest absolute Gasteiger partial charge is 0.475 e. The second-order valence-corrected chi connectivity index (χ2v) is 8.98. The third-order valence-corrected chi connectivity index (χ3v) is 7.19. The van der Waals surface area contributed by atoms with E-state index in [2.05, 4.69) is 10.3 Å². The molecular formula is C18H23N3O6S2. The van der Waals surface area contributed by atoms with Crippen molar-refractivity contribution in [1.82, 2.24) is 14.6 Å². The summed E-state index contributed by atoms with van der Waals surface area (Å²) in [4.78, 5) is 17.0. The lowest BCUT2D eigenvalue weighted by Crippen LogP contribution is -2.41. The normalized spacial score (nSPS) is 15.2. The molecule has 158 valence electrons. The maximum absolute atomic E-state index is 12.9. The second kappa shape index (κ2) is 10.1. The van der Waals surface area contributed by atoms with Gasteiger partial charge < -0.3 is 19.5 Å². The van der Waals surface area contributed by atoms with Crippen LogP contribution in [-0.2, 0) is 26.0 Å². The molecule has 3 heterocycles. The number of nitrogens with zero attached hydrogens (tertiary/aromatic N) is 2. The molecule has 0 radical (unpaired) electrons. The van der Waals surface area contributed by atoms with Gasteiger partial charge in [-0.15, -0.1) is 11.3 Å². The molecule has 1 N–H and O–H groups in total. The Balaban J connectivity index is 1.61. The number of nitrogens with one attached hydrogen (secondary N) is 1. The van der Waals surface area contributed by atoms with Crippen LogP contribution < -0.4 is 10.1 Å². The molecule has 2 aromatic rings. The van der Waals surface area contributed by atoms with Crippen LogP contribution in [0.1, 0.15) is 15.2 Å². The maximum Gasteiger partial charge on any atom is 0.263 e. The number of hydrogen-bond acceptors (Lipinski definition) is 8. The van der Waals surface area contributed by atoms with E-state index in [1.165, 1.54) is 10.4 Å². The molecule has 1 aliphatic heterocycles. The molecule has 29 heavy (non-hydrogen) atoms. The van der Waals surface area contributed by atoms with Crippen molar-refractivity contribution in [2.45, 2.75) is 11.4 Å². The number of pyridine rings is 1. The SMILES string of the molecule is COCCOc1ccc(CNC(=O)c2sccc2S(=O)(=O)N2CCOCC2)cn1. The molecular weight excluding hydrogens is 418 g/mol. The van der Waals surface area contributed by atoms with E-state index in [9.17, 15) is 13.2 Å². The lowest BCUT2D eigenvalue weighted by Gasteiger charge is -2.26. The number of hydrogen-bond donors (Lipinski definition) is 1. The van der Waals surface area contributed by atoms with Gasteiger partial charge >= 0.3 is 0 Å². The Morgan fingerprint density at radius 3 is 2.76 bits per heavy atom. The number of ether oxygens (including phenoxy) is 3. The van der Waals surface area contributed by atoms with E-state index in [1.54, 1.807) is 30.8 Å². The number of rotatable bonds is 9. The first-order chi connectivity index (χ1) is 14.0. The van der Waals surface area contributed by atoms with Gasteiger partial charge in [0.1, 0.15) is 16.4 Å². The number of methoxy groups -OCH3 is 1. The third kappa shape index (κ3) is 5.52. The highest BCUT2D eigenvalue weighted by atomic mass is 32.2. The van der Waals surface area contributed by atoms with Crippen LogP contribution in [0.5, 0.6) is 5.88 Å². The van der Waals surface area contributed by atoms with E-state index in [0.29, 0.717) is 32.3 Å². The number of thiophene rings is 1. The highest BCUT2D eigenvalue weighted by Crippen LogP contribution is 2.26. The third-order valence-electron chi connectivity index (χ3n) is 4.21. The average molecular weight is 442 g/mol. The molecule has 0 unspecified atom stereocenters. The van der Waals surface area contributed by atoms with Crippen LogP contribution in [0.25, 0.3) is 0 Å². The smallest absolute Gasteiger partial charge is 0.263 e. The van der Waals surface area contributed by atoms with E-state index in [0.717, 1.165) is 16.9 Å². The monoisotopic (exact) mass is 441 g/mol. The van der Waals surface area contributed by atoms with Gasteiger partial charge in [-0.1, -0.05) is 6.07 Å². The number of carbonyl (C=O) groups excluding carboxylic acids is 1. The van der Waals surface area contributed by atoms with Crippen molar-refractivity contribution in [1.29, 1.82) is 0 Å². The fraction of sp³-hybridized carbons (Fsp3) is 0.444. The highest BCUT2D eigenvalue weighted by Gasteiger charge is 2.31. The molecule has 9 nitrogen and oxygen atoms in total. The van der Waals surface area contributed by atoms with Gasteiger partial charge in [0.05, 0.1) is 19.8 Å². The van der Waals surface area contributed by atoms with Gasteiger partial charge in [-0.05, 0) is 17.0 Å². The fourth-order valence-electron chi connectivity index (χ4n) is 2.69. The van der Waals surface area contributed by atoms with Crippen LogP contribution in [-0.4, -0.2) is 70.2 Å². The molecule has 0 bridgehead atoms. The van der Waals surface area contributed by atoms with Crippen molar-refractivity contribution in [2.75, 3.05) is 46.6 Å². The fourth-order valence-corrected chi connectivity index (χ4v) is 5.41. The first kappa shape index (κ1) is 21.7. The molecule has 1 saturated heterocycles. The number of morpholine rings is 1. The Labute approximate surface area is 173 Å².